The highest BCUT2D eigenvalue weighted by Gasteiger charge is 2.16. The number of amides is 2. The van der Waals surface area contributed by atoms with Crippen LogP contribution < -0.4 is 25.0 Å². The first kappa shape index (κ1) is 18.2. The number of nitrogens with zero attached hydrogens (tertiary/aromatic N) is 1. The van der Waals surface area contributed by atoms with E-state index in [0.29, 0.717) is 22.9 Å². The number of piperidine rings is 1. The van der Waals surface area contributed by atoms with Gasteiger partial charge in [-0.3, -0.25) is 9.59 Å². The predicted octanol–water partition coefficient (Wildman–Crippen LogP) is 3.37. The molecule has 4 rings (SSSR count). The Bertz CT molecular complexity index is 860. The van der Waals surface area contributed by atoms with Crippen molar-refractivity contribution in [1.82, 2.24) is 0 Å². The number of ether oxygens (including phenoxy) is 2. The molecule has 2 amide bonds. The van der Waals surface area contributed by atoms with Crippen molar-refractivity contribution in [2.45, 2.75) is 25.7 Å². The van der Waals surface area contributed by atoms with Gasteiger partial charge in [0.15, 0.2) is 11.5 Å². The lowest BCUT2D eigenvalue weighted by atomic mass is 10.1. The zero-order chi connectivity index (χ0) is 19.3. The maximum Gasteiger partial charge on any atom is 0.233 e. The molecule has 7 nitrogen and oxygen atoms in total. The normalized spacial score (nSPS) is 15.2. The van der Waals surface area contributed by atoms with E-state index in [-0.39, 0.29) is 25.0 Å². The second-order valence-electron chi connectivity index (χ2n) is 6.94. The standard InChI is InChI=1S/C21H23N3O4/c25-20(13-21(26)23-16-6-9-18-19(12-16)28-14-27-18)22-15-4-7-17(8-5-15)24-10-2-1-3-11-24/h4-9,12H,1-3,10-11,13-14H2,(H,22,25)(H,23,26). The van der Waals surface area contributed by atoms with Gasteiger partial charge in [-0.2, -0.15) is 0 Å². The second-order valence-corrected chi connectivity index (χ2v) is 6.94. The summed E-state index contributed by atoms with van der Waals surface area (Å²) in [6.45, 7) is 2.32. The molecule has 0 spiro atoms. The van der Waals surface area contributed by atoms with E-state index in [1.54, 1.807) is 18.2 Å². The molecule has 146 valence electrons. The number of rotatable bonds is 5. The average molecular weight is 381 g/mol. The number of hydrogen-bond acceptors (Lipinski definition) is 5. The summed E-state index contributed by atoms with van der Waals surface area (Å²) in [6.07, 6.45) is 3.47. The first-order valence-corrected chi connectivity index (χ1v) is 9.52. The molecule has 1 saturated heterocycles. The molecule has 0 atom stereocenters. The number of hydrogen-bond donors (Lipinski definition) is 2. The molecule has 2 aliphatic heterocycles. The molecule has 1 fully saturated rings. The van der Waals surface area contributed by atoms with Crippen LogP contribution in [-0.2, 0) is 9.59 Å². The van der Waals surface area contributed by atoms with Gasteiger partial charge in [0.2, 0.25) is 18.6 Å². The number of carbonyl (C=O) groups excluding carboxylic acids is 2. The Hall–Kier alpha value is -3.22. The third-order valence-corrected chi connectivity index (χ3v) is 4.85. The Morgan fingerprint density at radius 3 is 2.21 bits per heavy atom. The van der Waals surface area contributed by atoms with Crippen LogP contribution >= 0.6 is 0 Å². The third kappa shape index (κ3) is 4.36. The largest absolute Gasteiger partial charge is 0.454 e. The van der Waals surface area contributed by atoms with Crippen LogP contribution in [0.5, 0.6) is 11.5 Å². The molecule has 2 aromatic rings. The molecule has 0 bridgehead atoms. The van der Waals surface area contributed by atoms with Crippen molar-refractivity contribution >= 4 is 28.9 Å². The van der Waals surface area contributed by atoms with Crippen LogP contribution in [0.2, 0.25) is 0 Å². The SMILES string of the molecule is O=C(CC(=O)Nc1ccc2c(c1)OCO2)Nc1ccc(N2CCCCC2)cc1. The van der Waals surface area contributed by atoms with Crippen LogP contribution in [0.4, 0.5) is 17.1 Å². The van der Waals surface area contributed by atoms with E-state index in [4.69, 9.17) is 9.47 Å². The van der Waals surface area contributed by atoms with Crippen molar-refractivity contribution < 1.29 is 19.1 Å². The molecule has 2 heterocycles. The van der Waals surface area contributed by atoms with Gasteiger partial charge in [-0.25, -0.2) is 0 Å². The number of anilines is 3. The van der Waals surface area contributed by atoms with E-state index in [2.05, 4.69) is 15.5 Å². The molecule has 2 aliphatic rings. The highest BCUT2D eigenvalue weighted by molar-refractivity contribution is 6.08. The Kier molecular flexibility index (Phi) is 5.32. The van der Waals surface area contributed by atoms with Gasteiger partial charge in [0.05, 0.1) is 0 Å². The van der Waals surface area contributed by atoms with Crippen LogP contribution in [0, 0.1) is 0 Å². The highest BCUT2D eigenvalue weighted by atomic mass is 16.7. The van der Waals surface area contributed by atoms with Crippen molar-refractivity contribution in [3.05, 3.63) is 42.5 Å². The number of nitrogens with one attached hydrogen (secondary N) is 2. The van der Waals surface area contributed by atoms with Gasteiger partial charge < -0.3 is 25.0 Å². The Labute approximate surface area is 163 Å². The lowest BCUT2D eigenvalue weighted by molar-refractivity contribution is -0.123. The minimum absolute atomic E-state index is 0.172. The van der Waals surface area contributed by atoms with Crippen molar-refractivity contribution in [2.24, 2.45) is 0 Å². The molecule has 2 N–H and O–H groups in total. The van der Waals surface area contributed by atoms with E-state index in [0.717, 1.165) is 13.1 Å². The minimum atomic E-state index is -0.388. The van der Waals surface area contributed by atoms with Crippen molar-refractivity contribution in [2.75, 3.05) is 35.4 Å². The van der Waals surface area contributed by atoms with Gasteiger partial charge in [0.1, 0.15) is 6.42 Å². The molecule has 0 aliphatic carbocycles. The zero-order valence-electron chi connectivity index (χ0n) is 15.6. The summed E-state index contributed by atoms with van der Waals surface area (Å²) in [5, 5.41) is 5.47. The topological polar surface area (TPSA) is 79.9 Å². The summed E-state index contributed by atoms with van der Waals surface area (Å²) < 4.78 is 10.5. The Morgan fingerprint density at radius 2 is 1.46 bits per heavy atom. The fourth-order valence-corrected chi connectivity index (χ4v) is 3.44. The van der Waals surface area contributed by atoms with E-state index in [1.165, 1.54) is 24.9 Å². The van der Waals surface area contributed by atoms with Gasteiger partial charge in [0.25, 0.3) is 0 Å². The monoisotopic (exact) mass is 381 g/mol. The first-order valence-electron chi connectivity index (χ1n) is 9.52. The lowest BCUT2D eigenvalue weighted by Gasteiger charge is -2.28. The molecule has 0 radical (unpaired) electrons. The smallest absolute Gasteiger partial charge is 0.233 e. The van der Waals surface area contributed by atoms with Crippen LogP contribution in [0.1, 0.15) is 25.7 Å². The first-order chi connectivity index (χ1) is 13.7. The second kappa shape index (κ2) is 8.21. The van der Waals surface area contributed by atoms with Gasteiger partial charge in [-0.05, 0) is 55.7 Å². The summed E-state index contributed by atoms with van der Waals surface area (Å²) >= 11 is 0. The summed E-state index contributed by atoms with van der Waals surface area (Å²) in [6, 6.07) is 12.9. The highest BCUT2D eigenvalue weighted by Crippen LogP contribution is 2.34. The molecular formula is C21H23N3O4. The van der Waals surface area contributed by atoms with E-state index in [1.807, 2.05) is 24.3 Å². The van der Waals surface area contributed by atoms with Crippen molar-refractivity contribution in [1.29, 1.82) is 0 Å². The van der Waals surface area contributed by atoms with Crippen LogP contribution in [0.3, 0.4) is 0 Å². The fraction of sp³-hybridized carbons (Fsp3) is 0.333. The van der Waals surface area contributed by atoms with Crippen LogP contribution in [0.15, 0.2) is 42.5 Å². The zero-order valence-corrected chi connectivity index (χ0v) is 15.6. The van der Waals surface area contributed by atoms with E-state index >= 15 is 0 Å². The molecular weight excluding hydrogens is 358 g/mol. The fourth-order valence-electron chi connectivity index (χ4n) is 3.44. The van der Waals surface area contributed by atoms with E-state index < -0.39 is 0 Å². The molecule has 0 saturated carbocycles. The maximum absolute atomic E-state index is 12.2. The van der Waals surface area contributed by atoms with Gasteiger partial charge in [-0.1, -0.05) is 0 Å². The summed E-state index contributed by atoms with van der Waals surface area (Å²) in [5.41, 5.74) is 2.41. The Morgan fingerprint density at radius 1 is 0.821 bits per heavy atom. The van der Waals surface area contributed by atoms with E-state index in [9.17, 15) is 9.59 Å². The van der Waals surface area contributed by atoms with Crippen LogP contribution in [-0.4, -0.2) is 31.7 Å². The van der Waals surface area contributed by atoms with Gasteiger partial charge in [0, 0.05) is 36.2 Å². The number of benzene rings is 2. The quantitative estimate of drug-likeness (QED) is 0.777. The summed E-state index contributed by atoms with van der Waals surface area (Å²) in [5.74, 6) is 0.477. The minimum Gasteiger partial charge on any atom is -0.454 e. The lowest BCUT2D eigenvalue weighted by Crippen LogP contribution is -2.29. The maximum atomic E-state index is 12.2. The molecule has 0 aromatic heterocycles. The third-order valence-electron chi connectivity index (χ3n) is 4.85. The summed E-state index contributed by atoms with van der Waals surface area (Å²) in [7, 11) is 0. The number of carbonyl (C=O) groups is 2. The number of fused-ring (bicyclic) bond motifs is 1. The molecule has 28 heavy (non-hydrogen) atoms. The van der Waals surface area contributed by atoms with Gasteiger partial charge >= 0.3 is 0 Å². The molecule has 7 heteroatoms. The predicted molar refractivity (Wildman–Crippen MR) is 107 cm³/mol. The summed E-state index contributed by atoms with van der Waals surface area (Å²) in [4.78, 5) is 26.6. The average Bonchev–Trinajstić information content (AvgIpc) is 3.17. The van der Waals surface area contributed by atoms with Crippen molar-refractivity contribution in [3.63, 3.8) is 0 Å². The van der Waals surface area contributed by atoms with Crippen LogP contribution in [0.25, 0.3) is 0 Å². The molecule has 0 unspecified atom stereocenters. The van der Waals surface area contributed by atoms with Gasteiger partial charge in [-0.15, -0.1) is 0 Å². The van der Waals surface area contributed by atoms with Crippen molar-refractivity contribution in [3.8, 4) is 11.5 Å². The Balaban J connectivity index is 1.28. The molecule has 2 aromatic carbocycles.